The van der Waals surface area contributed by atoms with E-state index in [4.69, 9.17) is 5.73 Å². The van der Waals surface area contributed by atoms with E-state index in [1.807, 2.05) is 31.4 Å². The molecule has 0 aliphatic carbocycles. The highest BCUT2D eigenvalue weighted by Gasteiger charge is 2.08. The molecule has 2 aromatic rings. The van der Waals surface area contributed by atoms with Gasteiger partial charge in [0.25, 0.3) is 0 Å². The van der Waals surface area contributed by atoms with E-state index in [0.717, 1.165) is 15.7 Å². The molecule has 2 rings (SSSR count). The number of aromatic nitrogens is 2. The Bertz CT molecular complexity index is 564. The average molecular weight is 295 g/mol. The van der Waals surface area contributed by atoms with Crippen LogP contribution in [0.4, 0.5) is 10.5 Å². The summed E-state index contributed by atoms with van der Waals surface area (Å²) in [5.41, 5.74) is 7.44. The van der Waals surface area contributed by atoms with Crippen LogP contribution in [0.2, 0.25) is 0 Å². The first kappa shape index (κ1) is 11.7. The van der Waals surface area contributed by atoms with Crippen LogP contribution in [0, 0.1) is 0 Å². The van der Waals surface area contributed by atoms with Crippen molar-refractivity contribution < 1.29 is 4.79 Å². The smallest absolute Gasteiger partial charge is 0.316 e. The topological polar surface area (TPSA) is 72.9 Å². The number of benzene rings is 1. The summed E-state index contributed by atoms with van der Waals surface area (Å²) in [6, 6.07) is 6.76. The van der Waals surface area contributed by atoms with Gasteiger partial charge in [0.15, 0.2) is 0 Å². The molecule has 0 bridgehead atoms. The molecule has 1 aromatic heterocycles. The Hall–Kier alpha value is -1.82. The molecule has 1 aromatic carbocycles. The van der Waals surface area contributed by atoms with Gasteiger partial charge < -0.3 is 11.1 Å². The van der Waals surface area contributed by atoms with Crippen LogP contribution in [-0.2, 0) is 7.05 Å². The summed E-state index contributed by atoms with van der Waals surface area (Å²) >= 11 is 3.43. The summed E-state index contributed by atoms with van der Waals surface area (Å²) in [5, 5.41) is 6.86. The zero-order valence-electron chi connectivity index (χ0n) is 9.14. The first-order chi connectivity index (χ1) is 8.06. The van der Waals surface area contributed by atoms with Gasteiger partial charge in [0.1, 0.15) is 5.69 Å². The fourth-order valence-electron chi connectivity index (χ4n) is 1.54. The van der Waals surface area contributed by atoms with Gasteiger partial charge in [0, 0.05) is 24.5 Å². The predicted molar refractivity (Wildman–Crippen MR) is 69.6 cm³/mol. The summed E-state index contributed by atoms with van der Waals surface area (Å²) in [7, 11) is 1.85. The third-order valence-electron chi connectivity index (χ3n) is 2.19. The molecule has 2 amide bonds. The van der Waals surface area contributed by atoms with Gasteiger partial charge in [-0.15, -0.1) is 0 Å². The van der Waals surface area contributed by atoms with Gasteiger partial charge in [0.05, 0.1) is 4.47 Å². The number of rotatable bonds is 2. The molecule has 0 saturated carbocycles. The van der Waals surface area contributed by atoms with Crippen molar-refractivity contribution >= 4 is 27.6 Å². The maximum atomic E-state index is 10.8. The van der Waals surface area contributed by atoms with Crippen molar-refractivity contribution in [2.45, 2.75) is 0 Å². The van der Waals surface area contributed by atoms with Crippen LogP contribution in [0.15, 0.2) is 34.9 Å². The van der Waals surface area contributed by atoms with Gasteiger partial charge >= 0.3 is 6.03 Å². The number of amides is 2. The quantitative estimate of drug-likeness (QED) is 0.892. The number of hydrogen-bond acceptors (Lipinski definition) is 2. The van der Waals surface area contributed by atoms with E-state index >= 15 is 0 Å². The van der Waals surface area contributed by atoms with Crippen LogP contribution in [0.1, 0.15) is 0 Å². The lowest BCUT2D eigenvalue weighted by atomic mass is 10.1. The maximum absolute atomic E-state index is 10.8. The highest BCUT2D eigenvalue weighted by atomic mass is 79.9. The normalized spacial score (nSPS) is 10.2. The Kier molecular flexibility index (Phi) is 3.14. The van der Waals surface area contributed by atoms with Crippen molar-refractivity contribution in [3.8, 4) is 11.3 Å². The Morgan fingerprint density at radius 3 is 2.88 bits per heavy atom. The Morgan fingerprint density at radius 2 is 2.29 bits per heavy atom. The number of aryl methyl sites for hydroxylation is 1. The maximum Gasteiger partial charge on any atom is 0.316 e. The Labute approximate surface area is 107 Å². The van der Waals surface area contributed by atoms with E-state index in [-0.39, 0.29) is 0 Å². The third-order valence-corrected chi connectivity index (χ3v) is 2.77. The van der Waals surface area contributed by atoms with Gasteiger partial charge in [-0.1, -0.05) is 12.1 Å². The van der Waals surface area contributed by atoms with Crippen LogP contribution in [-0.4, -0.2) is 15.8 Å². The number of nitrogens with one attached hydrogen (secondary N) is 1. The average Bonchev–Trinajstić information content (AvgIpc) is 2.57. The minimum absolute atomic E-state index is 0.581. The highest BCUT2D eigenvalue weighted by Crippen LogP contribution is 2.27. The molecule has 0 unspecified atom stereocenters. The van der Waals surface area contributed by atoms with E-state index in [1.165, 1.54) is 0 Å². The van der Waals surface area contributed by atoms with E-state index in [1.54, 1.807) is 10.7 Å². The zero-order valence-corrected chi connectivity index (χ0v) is 10.7. The molecular formula is C11H11BrN4O. The van der Waals surface area contributed by atoms with Crippen LogP contribution in [0.25, 0.3) is 11.3 Å². The second-order valence-electron chi connectivity index (χ2n) is 3.57. The van der Waals surface area contributed by atoms with E-state index in [9.17, 15) is 4.79 Å². The molecule has 0 atom stereocenters. The monoisotopic (exact) mass is 294 g/mol. The molecule has 6 heteroatoms. The lowest BCUT2D eigenvalue weighted by Crippen LogP contribution is -2.19. The first-order valence-electron chi connectivity index (χ1n) is 4.92. The SMILES string of the molecule is Cn1cc(Br)c(-c2cccc(NC(N)=O)c2)n1. The number of nitrogens with two attached hydrogens (primary N) is 1. The van der Waals surface area contributed by atoms with Crippen LogP contribution in [0.3, 0.4) is 0 Å². The lowest BCUT2D eigenvalue weighted by molar-refractivity contribution is 0.259. The molecule has 0 aliphatic rings. The van der Waals surface area contributed by atoms with Gasteiger partial charge in [-0.05, 0) is 28.1 Å². The summed E-state index contributed by atoms with van der Waals surface area (Å²) < 4.78 is 2.62. The molecule has 5 nitrogen and oxygen atoms in total. The summed E-state index contributed by atoms with van der Waals surface area (Å²) in [6.07, 6.45) is 1.86. The number of nitrogens with zero attached hydrogens (tertiary/aromatic N) is 2. The minimum atomic E-state index is -0.581. The fraction of sp³-hybridized carbons (Fsp3) is 0.0909. The summed E-state index contributed by atoms with van der Waals surface area (Å²) in [6.45, 7) is 0. The van der Waals surface area contributed by atoms with Gasteiger partial charge in [0.2, 0.25) is 0 Å². The van der Waals surface area contributed by atoms with Gasteiger partial charge in [-0.3, -0.25) is 4.68 Å². The molecule has 88 valence electrons. The van der Waals surface area contributed by atoms with Gasteiger partial charge in [-0.25, -0.2) is 4.79 Å². The van der Waals surface area contributed by atoms with Crippen molar-refractivity contribution in [3.63, 3.8) is 0 Å². The van der Waals surface area contributed by atoms with Crippen molar-refractivity contribution in [3.05, 3.63) is 34.9 Å². The molecule has 0 spiro atoms. The number of hydrogen-bond donors (Lipinski definition) is 2. The van der Waals surface area contributed by atoms with Crippen LogP contribution >= 0.6 is 15.9 Å². The van der Waals surface area contributed by atoms with Crippen molar-refractivity contribution in [1.29, 1.82) is 0 Å². The van der Waals surface area contributed by atoms with Gasteiger partial charge in [-0.2, -0.15) is 5.10 Å². The molecule has 3 N–H and O–H groups in total. The Morgan fingerprint density at radius 1 is 1.53 bits per heavy atom. The predicted octanol–water partition coefficient (Wildman–Crippen LogP) is 2.34. The van der Waals surface area contributed by atoms with E-state index in [2.05, 4.69) is 26.3 Å². The molecule has 17 heavy (non-hydrogen) atoms. The number of primary amides is 1. The molecular weight excluding hydrogens is 284 g/mol. The minimum Gasteiger partial charge on any atom is -0.351 e. The second kappa shape index (κ2) is 4.58. The summed E-state index contributed by atoms with van der Waals surface area (Å²) in [5.74, 6) is 0. The highest BCUT2D eigenvalue weighted by molar-refractivity contribution is 9.10. The molecule has 1 heterocycles. The van der Waals surface area contributed by atoms with Crippen molar-refractivity contribution in [2.75, 3.05) is 5.32 Å². The number of carbonyl (C=O) groups excluding carboxylic acids is 1. The molecule has 0 radical (unpaired) electrons. The standard InChI is InChI=1S/C11H11BrN4O/c1-16-6-9(12)10(15-16)7-3-2-4-8(5-7)14-11(13)17/h2-6H,1H3,(H3,13,14,17). The molecule has 0 fully saturated rings. The first-order valence-corrected chi connectivity index (χ1v) is 5.71. The Balaban J connectivity index is 2.39. The van der Waals surface area contributed by atoms with Crippen LogP contribution in [0.5, 0.6) is 0 Å². The number of anilines is 1. The van der Waals surface area contributed by atoms with E-state index in [0.29, 0.717) is 5.69 Å². The van der Waals surface area contributed by atoms with Crippen molar-refractivity contribution in [1.82, 2.24) is 9.78 Å². The lowest BCUT2D eigenvalue weighted by Gasteiger charge is -2.03. The van der Waals surface area contributed by atoms with E-state index < -0.39 is 6.03 Å². The number of carbonyl (C=O) groups is 1. The largest absolute Gasteiger partial charge is 0.351 e. The molecule has 0 saturated heterocycles. The van der Waals surface area contributed by atoms with Crippen molar-refractivity contribution in [2.24, 2.45) is 12.8 Å². The van der Waals surface area contributed by atoms with Crippen LogP contribution < -0.4 is 11.1 Å². The number of halogens is 1. The molecule has 0 aliphatic heterocycles. The number of urea groups is 1. The second-order valence-corrected chi connectivity index (χ2v) is 4.42. The third kappa shape index (κ3) is 2.65. The zero-order chi connectivity index (χ0) is 12.4. The summed E-state index contributed by atoms with van der Waals surface area (Å²) in [4.78, 5) is 10.8. The fourth-order valence-corrected chi connectivity index (χ4v) is 2.15.